The fourth-order valence-corrected chi connectivity index (χ4v) is 2.56. The Morgan fingerprint density at radius 2 is 2.00 bits per heavy atom. The van der Waals surface area contributed by atoms with Gasteiger partial charge in [0.25, 0.3) is 0 Å². The predicted molar refractivity (Wildman–Crippen MR) is 75.0 cm³/mol. The van der Waals surface area contributed by atoms with Crippen molar-refractivity contribution >= 4 is 22.8 Å². The molecular weight excluding hydrogens is 244 g/mol. The van der Waals surface area contributed by atoms with Crippen LogP contribution in [0, 0.1) is 0 Å². The van der Waals surface area contributed by atoms with Gasteiger partial charge in [-0.2, -0.15) is 0 Å². The molecule has 0 aliphatic carbocycles. The topological polar surface area (TPSA) is 48.9 Å². The van der Waals surface area contributed by atoms with Crippen LogP contribution in [0.5, 0.6) is 5.75 Å². The highest BCUT2D eigenvalue weighted by Crippen LogP contribution is 2.30. The zero-order chi connectivity index (χ0) is 12.5. The molecule has 0 saturated carbocycles. The van der Waals surface area contributed by atoms with E-state index in [0.29, 0.717) is 0 Å². The van der Waals surface area contributed by atoms with Crippen molar-refractivity contribution in [3.05, 3.63) is 42.5 Å². The summed E-state index contributed by atoms with van der Waals surface area (Å²) in [6.45, 7) is 0. The molecule has 0 unspecified atom stereocenters. The Labute approximate surface area is 109 Å². The summed E-state index contributed by atoms with van der Waals surface area (Å²) in [4.78, 5) is 8.98. The molecule has 90 valence electrons. The quantitative estimate of drug-likeness (QED) is 0.688. The third kappa shape index (κ3) is 1.84. The number of thioether (sulfide) groups is 1. The summed E-state index contributed by atoms with van der Waals surface area (Å²) in [6.07, 6.45) is 2.05. The Kier molecular flexibility index (Phi) is 2.72. The Morgan fingerprint density at radius 3 is 2.83 bits per heavy atom. The van der Waals surface area contributed by atoms with E-state index >= 15 is 0 Å². The van der Waals surface area contributed by atoms with Crippen LogP contribution in [0.3, 0.4) is 0 Å². The predicted octanol–water partition coefficient (Wildman–Crippen LogP) is 3.66. The first kappa shape index (κ1) is 11.2. The molecule has 2 aromatic carbocycles. The van der Waals surface area contributed by atoms with Gasteiger partial charge in [-0.05, 0) is 24.5 Å². The molecule has 0 fully saturated rings. The summed E-state index contributed by atoms with van der Waals surface area (Å²) in [5, 5.41) is 9.46. The van der Waals surface area contributed by atoms with Crippen molar-refractivity contribution in [3.8, 4) is 17.1 Å². The van der Waals surface area contributed by atoms with Crippen molar-refractivity contribution in [2.45, 2.75) is 4.90 Å². The molecule has 0 bridgehead atoms. The van der Waals surface area contributed by atoms with Crippen LogP contribution in [0.2, 0.25) is 0 Å². The third-order valence-corrected chi connectivity index (χ3v) is 3.62. The number of fused-ring (bicyclic) bond motifs is 1. The average molecular weight is 256 g/mol. The van der Waals surface area contributed by atoms with Crippen LogP contribution < -0.4 is 0 Å². The smallest absolute Gasteiger partial charge is 0.139 e. The van der Waals surface area contributed by atoms with Gasteiger partial charge in [-0.25, -0.2) is 4.98 Å². The van der Waals surface area contributed by atoms with Gasteiger partial charge in [0, 0.05) is 16.5 Å². The van der Waals surface area contributed by atoms with Crippen molar-refractivity contribution in [1.82, 2.24) is 9.97 Å². The van der Waals surface area contributed by atoms with Gasteiger partial charge in [-0.15, -0.1) is 11.8 Å². The van der Waals surface area contributed by atoms with Gasteiger partial charge in [0.05, 0.1) is 11.0 Å². The normalized spacial score (nSPS) is 10.9. The SMILES string of the molecule is CSc1ccccc1-c1nc2ccc(O)cc2[nH]1. The number of H-pyrrole nitrogens is 1. The number of phenolic OH excluding ortho intramolecular Hbond substituents is 1. The molecule has 0 aliphatic rings. The van der Waals surface area contributed by atoms with E-state index in [1.165, 1.54) is 4.90 Å². The summed E-state index contributed by atoms with van der Waals surface area (Å²) in [5.41, 5.74) is 2.79. The molecule has 4 heteroatoms. The van der Waals surface area contributed by atoms with Crippen LogP contribution in [0.1, 0.15) is 0 Å². The van der Waals surface area contributed by atoms with Gasteiger partial charge in [0.1, 0.15) is 11.6 Å². The van der Waals surface area contributed by atoms with E-state index in [0.717, 1.165) is 22.4 Å². The molecular formula is C14H12N2OS. The van der Waals surface area contributed by atoms with Crippen LogP contribution in [-0.4, -0.2) is 21.3 Å². The summed E-state index contributed by atoms with van der Waals surface area (Å²) in [7, 11) is 0. The van der Waals surface area contributed by atoms with Gasteiger partial charge >= 0.3 is 0 Å². The minimum Gasteiger partial charge on any atom is -0.508 e. The number of aromatic hydroxyl groups is 1. The number of hydrogen-bond donors (Lipinski definition) is 2. The molecule has 3 nitrogen and oxygen atoms in total. The van der Waals surface area contributed by atoms with E-state index in [9.17, 15) is 5.11 Å². The molecule has 3 rings (SSSR count). The Balaban J connectivity index is 2.19. The molecule has 3 aromatic rings. The number of aromatic amines is 1. The number of nitrogens with zero attached hydrogens (tertiary/aromatic N) is 1. The van der Waals surface area contributed by atoms with Gasteiger partial charge in [-0.1, -0.05) is 18.2 Å². The maximum absolute atomic E-state index is 9.46. The highest BCUT2D eigenvalue weighted by molar-refractivity contribution is 7.98. The highest BCUT2D eigenvalue weighted by atomic mass is 32.2. The monoisotopic (exact) mass is 256 g/mol. The van der Waals surface area contributed by atoms with Gasteiger partial charge < -0.3 is 10.1 Å². The lowest BCUT2D eigenvalue weighted by molar-refractivity contribution is 0.476. The molecule has 18 heavy (non-hydrogen) atoms. The molecule has 2 N–H and O–H groups in total. The second-order valence-electron chi connectivity index (χ2n) is 3.99. The molecule has 1 heterocycles. The van der Waals surface area contributed by atoms with Gasteiger partial charge in [0.15, 0.2) is 0 Å². The zero-order valence-corrected chi connectivity index (χ0v) is 10.7. The molecule has 0 atom stereocenters. The van der Waals surface area contributed by atoms with Crippen LogP contribution in [0.25, 0.3) is 22.4 Å². The Bertz CT molecular complexity index is 706. The number of benzene rings is 2. The number of phenols is 1. The van der Waals surface area contributed by atoms with Crippen molar-refractivity contribution in [3.63, 3.8) is 0 Å². The van der Waals surface area contributed by atoms with Crippen LogP contribution >= 0.6 is 11.8 Å². The number of imidazole rings is 1. The van der Waals surface area contributed by atoms with E-state index in [1.54, 1.807) is 23.9 Å². The zero-order valence-electron chi connectivity index (χ0n) is 9.84. The van der Waals surface area contributed by atoms with Crippen LogP contribution in [0.4, 0.5) is 0 Å². The van der Waals surface area contributed by atoms with Crippen molar-refractivity contribution in [1.29, 1.82) is 0 Å². The number of aromatic nitrogens is 2. The molecule has 0 spiro atoms. The average Bonchev–Trinajstić information content (AvgIpc) is 2.81. The first-order chi connectivity index (χ1) is 8.78. The third-order valence-electron chi connectivity index (χ3n) is 2.83. The largest absolute Gasteiger partial charge is 0.508 e. The number of hydrogen-bond acceptors (Lipinski definition) is 3. The summed E-state index contributed by atoms with van der Waals surface area (Å²) < 4.78 is 0. The van der Waals surface area contributed by atoms with Crippen LogP contribution in [0.15, 0.2) is 47.4 Å². The van der Waals surface area contributed by atoms with Crippen molar-refractivity contribution < 1.29 is 5.11 Å². The highest BCUT2D eigenvalue weighted by Gasteiger charge is 2.09. The molecule has 0 amide bonds. The summed E-state index contributed by atoms with van der Waals surface area (Å²) >= 11 is 1.69. The lowest BCUT2D eigenvalue weighted by Gasteiger charge is -2.02. The first-order valence-electron chi connectivity index (χ1n) is 5.60. The second-order valence-corrected chi connectivity index (χ2v) is 4.84. The van der Waals surface area contributed by atoms with E-state index < -0.39 is 0 Å². The number of rotatable bonds is 2. The van der Waals surface area contributed by atoms with E-state index in [4.69, 9.17) is 0 Å². The standard InChI is InChI=1S/C14H12N2OS/c1-18-13-5-3-2-4-10(13)14-15-11-7-6-9(17)8-12(11)16-14/h2-8,17H,1H3,(H,15,16). The van der Waals surface area contributed by atoms with Crippen molar-refractivity contribution in [2.24, 2.45) is 0 Å². The van der Waals surface area contributed by atoms with Crippen molar-refractivity contribution in [2.75, 3.05) is 6.26 Å². The van der Waals surface area contributed by atoms with E-state index in [2.05, 4.69) is 16.0 Å². The molecule has 1 aromatic heterocycles. The van der Waals surface area contributed by atoms with Crippen LogP contribution in [-0.2, 0) is 0 Å². The fraction of sp³-hybridized carbons (Fsp3) is 0.0714. The summed E-state index contributed by atoms with van der Waals surface area (Å²) in [5.74, 6) is 1.08. The Hall–Kier alpha value is -1.94. The second kappa shape index (κ2) is 4.38. The van der Waals surface area contributed by atoms with E-state index in [-0.39, 0.29) is 5.75 Å². The summed E-state index contributed by atoms with van der Waals surface area (Å²) in [6, 6.07) is 13.3. The minimum absolute atomic E-state index is 0.246. The minimum atomic E-state index is 0.246. The first-order valence-corrected chi connectivity index (χ1v) is 6.82. The van der Waals surface area contributed by atoms with E-state index in [1.807, 2.05) is 30.5 Å². The maximum atomic E-state index is 9.46. The molecule has 0 radical (unpaired) electrons. The van der Waals surface area contributed by atoms with Gasteiger partial charge in [-0.3, -0.25) is 0 Å². The lowest BCUT2D eigenvalue weighted by atomic mass is 10.2. The number of nitrogens with one attached hydrogen (secondary N) is 1. The molecule has 0 aliphatic heterocycles. The lowest BCUT2D eigenvalue weighted by Crippen LogP contribution is -1.83. The molecule has 0 saturated heterocycles. The maximum Gasteiger partial charge on any atom is 0.139 e. The van der Waals surface area contributed by atoms with Gasteiger partial charge in [0.2, 0.25) is 0 Å². The fourth-order valence-electron chi connectivity index (χ4n) is 1.97. The Morgan fingerprint density at radius 1 is 1.17 bits per heavy atom.